The Bertz CT molecular complexity index is 1340. The fraction of sp³-hybridized carbons (Fsp3) is 0.435. The number of halogens is 4. The number of anilines is 2. The van der Waals surface area contributed by atoms with E-state index < -0.39 is 29.2 Å². The number of piperazine rings is 1. The number of nitrogens with one attached hydrogen (secondary N) is 1. The smallest absolute Gasteiger partial charge is 0.374 e. The summed E-state index contributed by atoms with van der Waals surface area (Å²) in [7, 11) is 0. The number of alkyl halides is 3. The molecule has 14 heteroatoms. The van der Waals surface area contributed by atoms with E-state index in [-0.39, 0.29) is 23.7 Å². The molecule has 2 aliphatic rings. The van der Waals surface area contributed by atoms with Gasteiger partial charge in [-0.2, -0.15) is 18.3 Å². The van der Waals surface area contributed by atoms with Crippen molar-refractivity contribution >= 4 is 28.4 Å². The van der Waals surface area contributed by atoms with Gasteiger partial charge in [0.05, 0.1) is 30.1 Å². The maximum atomic E-state index is 14.3. The van der Waals surface area contributed by atoms with Crippen molar-refractivity contribution in [2.45, 2.75) is 18.7 Å². The van der Waals surface area contributed by atoms with Crippen molar-refractivity contribution < 1.29 is 27.1 Å². The molecule has 37 heavy (non-hydrogen) atoms. The topological polar surface area (TPSA) is 108 Å². The minimum Gasteiger partial charge on any atom is -0.374 e. The number of amides is 1. The monoisotopic (exact) mass is 521 g/mol. The molecule has 2 saturated heterocycles. The van der Waals surface area contributed by atoms with Crippen molar-refractivity contribution in [3.63, 3.8) is 0 Å². The van der Waals surface area contributed by atoms with Gasteiger partial charge in [-0.1, -0.05) is 12.1 Å². The lowest BCUT2D eigenvalue weighted by Gasteiger charge is -2.37. The summed E-state index contributed by atoms with van der Waals surface area (Å²) in [5.41, 5.74) is -1.53. The van der Waals surface area contributed by atoms with Gasteiger partial charge in [-0.3, -0.25) is 9.59 Å². The van der Waals surface area contributed by atoms with Crippen LogP contribution >= 0.6 is 0 Å². The van der Waals surface area contributed by atoms with Crippen LogP contribution in [0.15, 0.2) is 35.4 Å². The third-order valence-corrected chi connectivity index (χ3v) is 6.47. The van der Waals surface area contributed by atoms with E-state index in [4.69, 9.17) is 4.74 Å². The number of aromatic nitrogens is 4. The van der Waals surface area contributed by atoms with E-state index in [0.717, 1.165) is 12.4 Å². The first-order valence-corrected chi connectivity index (χ1v) is 11.7. The van der Waals surface area contributed by atoms with Crippen LogP contribution in [0, 0.1) is 5.82 Å². The van der Waals surface area contributed by atoms with Gasteiger partial charge in [-0.05, 0) is 6.07 Å². The van der Waals surface area contributed by atoms with Crippen LogP contribution in [0.5, 0.6) is 0 Å². The highest BCUT2D eigenvalue weighted by molar-refractivity contribution is 5.91. The van der Waals surface area contributed by atoms with Crippen molar-refractivity contribution in [2.24, 2.45) is 0 Å². The Balaban J connectivity index is 1.19. The number of nitrogens with zero attached hydrogens (tertiary/aromatic N) is 6. The number of hydrogen-bond donors (Lipinski definition) is 1. The van der Waals surface area contributed by atoms with Gasteiger partial charge in [0.15, 0.2) is 5.82 Å². The van der Waals surface area contributed by atoms with Crippen LogP contribution in [0.3, 0.4) is 0 Å². The molecule has 10 nitrogen and oxygen atoms in total. The lowest BCUT2D eigenvalue weighted by atomic mass is 10.1. The summed E-state index contributed by atoms with van der Waals surface area (Å²) < 4.78 is 58.2. The van der Waals surface area contributed by atoms with Crippen molar-refractivity contribution in [3.05, 3.63) is 52.3 Å². The van der Waals surface area contributed by atoms with E-state index >= 15 is 0 Å². The molecule has 0 aliphatic carbocycles. The van der Waals surface area contributed by atoms with Crippen molar-refractivity contribution in [2.75, 3.05) is 55.7 Å². The summed E-state index contributed by atoms with van der Waals surface area (Å²) in [5.74, 6) is -0.156. The van der Waals surface area contributed by atoms with Crippen LogP contribution in [0.4, 0.5) is 29.3 Å². The quantitative estimate of drug-likeness (QED) is 0.519. The largest absolute Gasteiger partial charge is 0.419 e. The number of rotatable bonds is 4. The maximum absolute atomic E-state index is 14.3. The highest BCUT2D eigenvalue weighted by atomic mass is 19.4. The second kappa shape index (κ2) is 9.92. The Labute approximate surface area is 207 Å². The number of carbonyl (C=O) groups excluding carboxylic acids is 1. The summed E-state index contributed by atoms with van der Waals surface area (Å²) in [6.45, 7) is 2.61. The molecular weight excluding hydrogens is 498 g/mol. The Morgan fingerprint density at radius 1 is 1.08 bits per heavy atom. The van der Waals surface area contributed by atoms with E-state index in [1.807, 2.05) is 4.90 Å². The molecule has 4 heterocycles. The van der Waals surface area contributed by atoms with Gasteiger partial charge in [0.2, 0.25) is 11.9 Å². The Hall–Kier alpha value is -3.81. The van der Waals surface area contributed by atoms with E-state index in [9.17, 15) is 27.2 Å². The standard InChI is InChI=1S/C23H23F4N7O3/c24-17-3-1-2-16-19(17)21(36)31-30-20(16)34-8-9-37-15(13-34)10-18(35)32-4-6-33(7-5-32)22-28-11-14(12-29-22)23(25,26)27/h1-3,11-12,15H,4-10,13H2,(H,31,36)/t15-/m1/s1. The van der Waals surface area contributed by atoms with Crippen molar-refractivity contribution in [1.82, 2.24) is 25.1 Å². The Morgan fingerprint density at radius 3 is 2.51 bits per heavy atom. The molecule has 2 aromatic heterocycles. The predicted molar refractivity (Wildman–Crippen MR) is 125 cm³/mol. The van der Waals surface area contributed by atoms with Crippen LogP contribution in [0.2, 0.25) is 0 Å². The molecule has 0 unspecified atom stereocenters. The highest BCUT2D eigenvalue weighted by Gasteiger charge is 2.32. The van der Waals surface area contributed by atoms with Gasteiger partial charge in [-0.15, -0.1) is 0 Å². The molecule has 5 rings (SSSR count). The number of aromatic amines is 1. The third-order valence-electron chi connectivity index (χ3n) is 6.47. The number of H-pyrrole nitrogens is 1. The van der Waals surface area contributed by atoms with Crippen molar-refractivity contribution in [1.29, 1.82) is 0 Å². The van der Waals surface area contributed by atoms with Gasteiger partial charge in [0.25, 0.3) is 5.56 Å². The van der Waals surface area contributed by atoms with E-state index in [2.05, 4.69) is 20.2 Å². The molecule has 0 spiro atoms. The van der Waals surface area contributed by atoms with E-state index in [0.29, 0.717) is 57.1 Å². The maximum Gasteiger partial charge on any atom is 0.419 e. The summed E-state index contributed by atoms with van der Waals surface area (Å²) in [5, 5.41) is 6.78. The first-order valence-electron chi connectivity index (χ1n) is 11.7. The molecule has 1 aromatic carbocycles. The fourth-order valence-corrected chi connectivity index (χ4v) is 4.55. The van der Waals surface area contributed by atoms with Crippen LogP contribution < -0.4 is 15.4 Å². The third kappa shape index (κ3) is 5.19. The molecule has 2 aliphatic heterocycles. The van der Waals surface area contributed by atoms with Crippen LogP contribution in [0.1, 0.15) is 12.0 Å². The van der Waals surface area contributed by atoms with Crippen molar-refractivity contribution in [3.8, 4) is 0 Å². The molecule has 3 aromatic rings. The Morgan fingerprint density at radius 2 is 1.81 bits per heavy atom. The average molecular weight is 521 g/mol. The average Bonchev–Trinajstić information content (AvgIpc) is 2.89. The number of hydrogen-bond acceptors (Lipinski definition) is 8. The first-order chi connectivity index (χ1) is 17.7. The fourth-order valence-electron chi connectivity index (χ4n) is 4.55. The van der Waals surface area contributed by atoms with Crippen LogP contribution in [0.25, 0.3) is 10.8 Å². The number of morpholine rings is 1. The summed E-state index contributed by atoms with van der Waals surface area (Å²) in [4.78, 5) is 37.9. The SMILES string of the molecule is O=C(C[C@@H]1CN(c2n[nH]c(=O)c3c(F)cccc23)CCO1)N1CCN(c2ncc(C(F)(F)F)cn2)CC1. The summed E-state index contributed by atoms with van der Waals surface area (Å²) >= 11 is 0. The molecule has 2 fully saturated rings. The lowest BCUT2D eigenvalue weighted by molar-refractivity contribution is -0.138. The number of ether oxygens (including phenoxy) is 1. The second-order valence-corrected chi connectivity index (χ2v) is 8.82. The molecule has 1 amide bonds. The molecule has 0 bridgehead atoms. The Kier molecular flexibility index (Phi) is 6.67. The normalized spacial score (nSPS) is 18.9. The molecule has 0 radical (unpaired) electrons. The predicted octanol–water partition coefficient (Wildman–Crippen LogP) is 1.82. The van der Waals surface area contributed by atoms with Gasteiger partial charge in [0.1, 0.15) is 5.82 Å². The minimum atomic E-state index is -4.50. The zero-order valence-electron chi connectivity index (χ0n) is 19.5. The van der Waals surface area contributed by atoms with Crippen LogP contribution in [-0.2, 0) is 15.7 Å². The molecule has 0 saturated carbocycles. The van der Waals surface area contributed by atoms with Gasteiger partial charge in [-0.25, -0.2) is 19.5 Å². The van der Waals surface area contributed by atoms with Crippen LogP contribution in [-0.4, -0.2) is 83.0 Å². The number of benzene rings is 1. The zero-order chi connectivity index (χ0) is 26.2. The molecule has 1 atom stereocenters. The van der Waals surface area contributed by atoms with Gasteiger partial charge >= 0.3 is 6.18 Å². The number of carbonyl (C=O) groups is 1. The summed E-state index contributed by atoms with van der Waals surface area (Å²) in [6.07, 6.45) is -3.32. The zero-order valence-corrected chi connectivity index (χ0v) is 19.5. The van der Waals surface area contributed by atoms with Gasteiger partial charge < -0.3 is 19.4 Å². The molecule has 1 N–H and O–H groups in total. The van der Waals surface area contributed by atoms with E-state index in [1.54, 1.807) is 15.9 Å². The minimum absolute atomic E-state index is 0.0680. The first kappa shape index (κ1) is 24.9. The lowest BCUT2D eigenvalue weighted by Crippen LogP contribution is -2.51. The van der Waals surface area contributed by atoms with Gasteiger partial charge in [0, 0.05) is 57.0 Å². The molecular formula is C23H23F4N7O3. The number of fused-ring (bicyclic) bond motifs is 1. The molecule has 196 valence electrons. The highest BCUT2D eigenvalue weighted by Crippen LogP contribution is 2.29. The second-order valence-electron chi connectivity index (χ2n) is 8.82. The van der Waals surface area contributed by atoms with E-state index in [1.165, 1.54) is 12.1 Å². The summed E-state index contributed by atoms with van der Waals surface area (Å²) in [6, 6.07) is 4.36.